The van der Waals surface area contributed by atoms with Crippen LogP contribution in [0, 0.1) is 5.41 Å². The molecule has 0 saturated heterocycles. The van der Waals surface area contributed by atoms with Gasteiger partial charge in [-0.25, -0.2) is 15.0 Å². The van der Waals surface area contributed by atoms with Gasteiger partial charge in [-0.15, -0.1) is 0 Å². The van der Waals surface area contributed by atoms with E-state index in [2.05, 4.69) is 15.0 Å². The van der Waals surface area contributed by atoms with E-state index in [0.717, 1.165) is 11.4 Å². The van der Waals surface area contributed by atoms with Gasteiger partial charge in [0.2, 0.25) is 5.97 Å². The smallest absolute Gasteiger partial charge is 0.210 e. The number of nitrogens with two attached hydrogens (primary N) is 1. The second-order valence-electron chi connectivity index (χ2n) is 4.42. The number of aliphatic imine (C=N–C) groups is 2. The fourth-order valence-corrected chi connectivity index (χ4v) is 1.69. The van der Waals surface area contributed by atoms with E-state index in [1.165, 1.54) is 19.4 Å². The minimum Gasteiger partial charge on any atom is -0.383 e. The van der Waals surface area contributed by atoms with Gasteiger partial charge in [0.15, 0.2) is 5.84 Å². The summed E-state index contributed by atoms with van der Waals surface area (Å²) in [6.07, 6.45) is 5.39. The van der Waals surface area contributed by atoms with Crippen LogP contribution < -0.4 is 5.73 Å². The van der Waals surface area contributed by atoms with Crippen LogP contribution in [-0.2, 0) is 4.84 Å². The zero-order valence-electron chi connectivity index (χ0n) is 13.4. The molecule has 124 valence electrons. The molecule has 1 heterocycles. The summed E-state index contributed by atoms with van der Waals surface area (Å²) < 4.78 is 13.6. The van der Waals surface area contributed by atoms with Crippen LogP contribution in [0.2, 0.25) is 0 Å². The number of aromatic nitrogens is 1. The third-order valence-electron chi connectivity index (χ3n) is 2.71. The van der Waals surface area contributed by atoms with Crippen LogP contribution >= 0.6 is 0 Å². The number of nitrogens with zero attached hydrogens (tertiary/aromatic N) is 4. The third kappa shape index (κ3) is 5.59. The lowest BCUT2D eigenvalue weighted by molar-refractivity contribution is 0.00527. The molecule has 7 nitrogen and oxygen atoms in total. The van der Waals surface area contributed by atoms with Crippen molar-refractivity contribution in [1.29, 1.82) is 5.41 Å². The first kappa shape index (κ1) is 18.4. The highest BCUT2D eigenvalue weighted by molar-refractivity contribution is 6.06. The zero-order valence-corrected chi connectivity index (χ0v) is 13.4. The molecular weight excluding hydrogens is 299 g/mol. The van der Waals surface area contributed by atoms with E-state index in [4.69, 9.17) is 16.0 Å². The average Bonchev–Trinajstić information content (AvgIpc) is 2.53. The van der Waals surface area contributed by atoms with Crippen molar-refractivity contribution >= 4 is 24.0 Å². The van der Waals surface area contributed by atoms with Crippen molar-refractivity contribution in [3.05, 3.63) is 36.0 Å². The van der Waals surface area contributed by atoms with Gasteiger partial charge in [0.1, 0.15) is 18.3 Å². The maximum absolute atomic E-state index is 13.6. The van der Waals surface area contributed by atoms with E-state index in [0.29, 0.717) is 12.0 Å². The first-order chi connectivity index (χ1) is 11.0. The van der Waals surface area contributed by atoms with Crippen LogP contribution in [0.3, 0.4) is 0 Å². The van der Waals surface area contributed by atoms with Crippen molar-refractivity contribution in [2.75, 3.05) is 12.8 Å². The molecule has 23 heavy (non-hydrogen) atoms. The molecule has 0 saturated carbocycles. The monoisotopic (exact) mass is 320 g/mol. The van der Waals surface area contributed by atoms with Crippen LogP contribution in [0.4, 0.5) is 10.2 Å². The Morgan fingerprint density at radius 1 is 1.57 bits per heavy atom. The molecule has 0 fully saturated rings. The van der Waals surface area contributed by atoms with E-state index < -0.39 is 12.1 Å². The predicted octanol–water partition coefficient (Wildman–Crippen LogP) is 2.56. The molecule has 0 spiro atoms. The van der Waals surface area contributed by atoms with Crippen molar-refractivity contribution in [3.63, 3.8) is 0 Å². The Labute approximate surface area is 134 Å². The largest absolute Gasteiger partial charge is 0.383 e. The standard InChI is InChI=1S/C15H21FN6O/c1-4-5-8-13(16)20-11(2)21-15(22(10-17)23-3)12-7-6-9-19-14(12)18/h5-11,17H,4H2,1-3H3,(H2,18,19)/b8-5-,17-10?,20-13+,21-15-. The molecular formula is C15H21FN6O. The topological polar surface area (TPSA) is 100.0 Å². The predicted molar refractivity (Wildman–Crippen MR) is 90.3 cm³/mol. The molecule has 0 aliphatic carbocycles. The van der Waals surface area contributed by atoms with Gasteiger partial charge in [-0.2, -0.15) is 9.45 Å². The Hall–Kier alpha value is -2.61. The third-order valence-corrected chi connectivity index (χ3v) is 2.71. The van der Waals surface area contributed by atoms with Crippen molar-refractivity contribution in [3.8, 4) is 0 Å². The van der Waals surface area contributed by atoms with Crippen molar-refractivity contribution < 1.29 is 9.23 Å². The van der Waals surface area contributed by atoms with Crippen molar-refractivity contribution in [2.45, 2.75) is 26.4 Å². The average molecular weight is 320 g/mol. The normalized spacial score (nSPS) is 14.1. The first-order valence-electron chi connectivity index (χ1n) is 7.05. The number of amidine groups is 1. The van der Waals surface area contributed by atoms with E-state index in [1.54, 1.807) is 25.1 Å². The number of hydroxylamine groups is 2. The van der Waals surface area contributed by atoms with Gasteiger partial charge in [-0.05, 0) is 31.6 Å². The Morgan fingerprint density at radius 3 is 2.87 bits per heavy atom. The van der Waals surface area contributed by atoms with Gasteiger partial charge in [-0.1, -0.05) is 13.0 Å². The summed E-state index contributed by atoms with van der Waals surface area (Å²) in [5.74, 6) is -0.185. The van der Waals surface area contributed by atoms with Crippen LogP contribution in [-0.4, -0.2) is 41.5 Å². The number of anilines is 1. The Kier molecular flexibility index (Phi) is 7.55. The van der Waals surface area contributed by atoms with Gasteiger partial charge in [0.05, 0.1) is 12.7 Å². The van der Waals surface area contributed by atoms with Gasteiger partial charge >= 0.3 is 0 Å². The minimum atomic E-state index is -0.733. The highest BCUT2D eigenvalue weighted by atomic mass is 19.1. The van der Waals surface area contributed by atoms with Crippen molar-refractivity contribution in [2.24, 2.45) is 9.98 Å². The summed E-state index contributed by atoms with van der Waals surface area (Å²) in [4.78, 5) is 17.1. The Bertz CT molecular complexity index is 614. The second-order valence-corrected chi connectivity index (χ2v) is 4.42. The van der Waals surface area contributed by atoms with Gasteiger partial charge in [0, 0.05) is 6.20 Å². The quantitative estimate of drug-likeness (QED) is 0.458. The highest BCUT2D eigenvalue weighted by Gasteiger charge is 2.16. The summed E-state index contributed by atoms with van der Waals surface area (Å²) in [5, 5.41) is 8.50. The van der Waals surface area contributed by atoms with Crippen LogP contribution in [0.5, 0.6) is 0 Å². The number of nitrogens with one attached hydrogen (secondary N) is 1. The van der Waals surface area contributed by atoms with Gasteiger partial charge in [-0.3, -0.25) is 10.2 Å². The minimum absolute atomic E-state index is 0.219. The number of rotatable bonds is 7. The number of pyridine rings is 1. The summed E-state index contributed by atoms with van der Waals surface area (Å²) in [7, 11) is 1.38. The summed E-state index contributed by atoms with van der Waals surface area (Å²) in [6, 6.07) is 3.36. The number of nitrogen functional groups attached to an aromatic ring is 1. The molecule has 0 aromatic carbocycles. The lowest BCUT2D eigenvalue weighted by atomic mass is 10.2. The molecule has 3 N–H and O–H groups in total. The lowest BCUT2D eigenvalue weighted by Gasteiger charge is -2.19. The molecule has 1 rings (SSSR count). The molecule has 8 heteroatoms. The van der Waals surface area contributed by atoms with E-state index in [1.807, 2.05) is 6.92 Å². The van der Waals surface area contributed by atoms with Crippen LogP contribution in [0.1, 0.15) is 25.8 Å². The van der Waals surface area contributed by atoms with Gasteiger partial charge < -0.3 is 5.73 Å². The number of halogens is 1. The molecule has 1 unspecified atom stereocenters. The van der Waals surface area contributed by atoms with E-state index >= 15 is 0 Å². The number of hydrogen-bond acceptors (Lipinski definition) is 6. The molecule has 0 amide bonds. The summed E-state index contributed by atoms with van der Waals surface area (Å²) in [5.41, 5.74) is 6.30. The Balaban J connectivity index is 3.22. The number of hydrogen-bond donors (Lipinski definition) is 2. The molecule has 1 atom stereocenters. The van der Waals surface area contributed by atoms with E-state index in [9.17, 15) is 4.39 Å². The first-order valence-corrected chi connectivity index (χ1v) is 7.05. The van der Waals surface area contributed by atoms with E-state index in [-0.39, 0.29) is 11.7 Å². The second kappa shape index (κ2) is 9.42. The van der Waals surface area contributed by atoms with Gasteiger partial charge in [0.25, 0.3) is 0 Å². The zero-order chi connectivity index (χ0) is 17.2. The van der Waals surface area contributed by atoms with Crippen LogP contribution in [0.15, 0.2) is 40.5 Å². The molecule has 0 bridgehead atoms. The Morgan fingerprint density at radius 2 is 2.30 bits per heavy atom. The maximum atomic E-state index is 13.6. The molecule has 0 aliphatic heterocycles. The van der Waals surface area contributed by atoms with Crippen LogP contribution in [0.25, 0.3) is 0 Å². The lowest BCUT2D eigenvalue weighted by Crippen LogP contribution is -2.31. The fraction of sp³-hybridized carbons (Fsp3) is 0.333. The molecule has 1 aromatic heterocycles. The summed E-state index contributed by atoms with van der Waals surface area (Å²) >= 11 is 0. The maximum Gasteiger partial charge on any atom is 0.210 e. The number of allylic oxidation sites excluding steroid dienone is 2. The van der Waals surface area contributed by atoms with Crippen molar-refractivity contribution in [1.82, 2.24) is 10.0 Å². The highest BCUT2D eigenvalue weighted by Crippen LogP contribution is 2.13. The SMILES string of the molecule is CC/C=C\C(F)=N/C(C)/N=C(/c1cccnc1N)N(C=N)OC. The molecule has 0 radical (unpaired) electrons. The molecule has 0 aliphatic rings. The molecule has 1 aromatic rings. The summed E-state index contributed by atoms with van der Waals surface area (Å²) in [6.45, 7) is 3.51. The fourth-order valence-electron chi connectivity index (χ4n) is 1.69.